The van der Waals surface area contributed by atoms with Crippen molar-refractivity contribution in [1.29, 1.82) is 0 Å². The molecule has 1 aromatic carbocycles. The number of hydrogen-bond acceptors (Lipinski definition) is 2. The standard InChI is InChI=1S/C16H17NO2/c1-11(12-5-4-6-12)9-10-17-15(18)13-7-2-3-8-14(13)16(17)19/h2-3,7-8H,4-6,9-10H2,1H3. The monoisotopic (exact) mass is 255 g/mol. The van der Waals surface area contributed by atoms with E-state index in [0.29, 0.717) is 17.7 Å². The first-order valence-corrected chi connectivity index (χ1v) is 6.81. The molecule has 0 radical (unpaired) electrons. The SMILES string of the molecule is CC(CCN1C(=O)c2ccccc2C1=O)=C1CCC1. The van der Waals surface area contributed by atoms with Gasteiger partial charge in [-0.1, -0.05) is 23.3 Å². The summed E-state index contributed by atoms with van der Waals surface area (Å²) in [5.74, 6) is -0.293. The van der Waals surface area contributed by atoms with E-state index in [0.717, 1.165) is 6.42 Å². The van der Waals surface area contributed by atoms with Gasteiger partial charge in [0.05, 0.1) is 11.1 Å². The molecular formula is C16H17NO2. The Morgan fingerprint density at radius 2 is 1.68 bits per heavy atom. The fourth-order valence-corrected chi connectivity index (χ4v) is 2.68. The molecule has 0 spiro atoms. The Morgan fingerprint density at radius 3 is 2.16 bits per heavy atom. The van der Waals surface area contributed by atoms with Gasteiger partial charge >= 0.3 is 0 Å². The molecule has 2 aliphatic rings. The number of carbonyl (C=O) groups excluding carboxylic acids is 2. The van der Waals surface area contributed by atoms with Crippen LogP contribution in [-0.4, -0.2) is 23.3 Å². The van der Waals surface area contributed by atoms with Crippen LogP contribution in [-0.2, 0) is 0 Å². The van der Waals surface area contributed by atoms with Gasteiger partial charge in [0, 0.05) is 6.54 Å². The lowest BCUT2D eigenvalue weighted by Gasteiger charge is -2.21. The zero-order valence-electron chi connectivity index (χ0n) is 11.1. The van der Waals surface area contributed by atoms with Crippen molar-refractivity contribution < 1.29 is 9.59 Å². The van der Waals surface area contributed by atoms with Gasteiger partial charge in [-0.3, -0.25) is 14.5 Å². The Hall–Kier alpha value is -1.90. The molecule has 0 aromatic heterocycles. The van der Waals surface area contributed by atoms with E-state index in [9.17, 15) is 9.59 Å². The van der Waals surface area contributed by atoms with Crippen LogP contribution in [0.3, 0.4) is 0 Å². The Balaban J connectivity index is 1.74. The second-order valence-corrected chi connectivity index (χ2v) is 5.29. The lowest BCUT2D eigenvalue weighted by atomic mass is 9.87. The molecule has 1 saturated carbocycles. The van der Waals surface area contributed by atoms with Gasteiger partial charge in [-0.05, 0) is 44.7 Å². The van der Waals surface area contributed by atoms with Gasteiger partial charge < -0.3 is 0 Å². The van der Waals surface area contributed by atoms with E-state index in [2.05, 4.69) is 6.92 Å². The first kappa shape index (κ1) is 12.2. The van der Waals surface area contributed by atoms with E-state index < -0.39 is 0 Å². The van der Waals surface area contributed by atoms with E-state index >= 15 is 0 Å². The van der Waals surface area contributed by atoms with Crippen molar-refractivity contribution in [2.45, 2.75) is 32.6 Å². The van der Waals surface area contributed by atoms with Crippen LogP contribution < -0.4 is 0 Å². The smallest absolute Gasteiger partial charge is 0.261 e. The number of nitrogens with zero attached hydrogens (tertiary/aromatic N) is 1. The fourth-order valence-electron chi connectivity index (χ4n) is 2.68. The van der Waals surface area contributed by atoms with Crippen LogP contribution in [0.25, 0.3) is 0 Å². The van der Waals surface area contributed by atoms with Gasteiger partial charge in [0.1, 0.15) is 0 Å². The molecule has 1 aliphatic heterocycles. The Labute approximate surface area is 112 Å². The van der Waals surface area contributed by atoms with Crippen molar-refractivity contribution in [3.63, 3.8) is 0 Å². The molecule has 0 N–H and O–H groups in total. The highest BCUT2D eigenvalue weighted by Crippen LogP contribution is 2.30. The number of carbonyl (C=O) groups is 2. The maximum absolute atomic E-state index is 12.2. The lowest BCUT2D eigenvalue weighted by molar-refractivity contribution is 0.0656. The third kappa shape index (κ3) is 1.99. The average Bonchev–Trinajstić information content (AvgIpc) is 2.59. The largest absolute Gasteiger partial charge is 0.274 e. The highest BCUT2D eigenvalue weighted by Gasteiger charge is 2.34. The van der Waals surface area contributed by atoms with Gasteiger partial charge in [-0.25, -0.2) is 0 Å². The summed E-state index contributed by atoms with van der Waals surface area (Å²) in [4.78, 5) is 25.7. The van der Waals surface area contributed by atoms with E-state index in [4.69, 9.17) is 0 Å². The van der Waals surface area contributed by atoms with Crippen molar-refractivity contribution in [2.24, 2.45) is 0 Å². The number of amides is 2. The van der Waals surface area contributed by atoms with E-state index in [-0.39, 0.29) is 11.8 Å². The summed E-state index contributed by atoms with van der Waals surface area (Å²) in [6.45, 7) is 2.62. The Morgan fingerprint density at radius 1 is 1.11 bits per heavy atom. The molecule has 0 bridgehead atoms. The molecule has 1 heterocycles. The fraction of sp³-hybridized carbons (Fsp3) is 0.375. The summed E-state index contributed by atoms with van der Waals surface area (Å²) in [7, 11) is 0. The van der Waals surface area contributed by atoms with Crippen LogP contribution >= 0.6 is 0 Å². The highest BCUT2D eigenvalue weighted by atomic mass is 16.2. The zero-order chi connectivity index (χ0) is 13.4. The Bertz CT molecular complexity index is 545. The first-order chi connectivity index (χ1) is 9.18. The van der Waals surface area contributed by atoms with Crippen molar-refractivity contribution in [3.05, 3.63) is 46.5 Å². The molecule has 0 atom stereocenters. The van der Waals surface area contributed by atoms with Crippen LogP contribution in [0.5, 0.6) is 0 Å². The normalized spacial score (nSPS) is 17.5. The highest BCUT2D eigenvalue weighted by molar-refractivity contribution is 6.21. The molecule has 1 fully saturated rings. The van der Waals surface area contributed by atoms with Crippen LogP contribution in [0.1, 0.15) is 53.3 Å². The third-order valence-corrected chi connectivity index (χ3v) is 4.15. The summed E-state index contributed by atoms with van der Waals surface area (Å²) in [5, 5.41) is 0. The summed E-state index contributed by atoms with van der Waals surface area (Å²) in [6.07, 6.45) is 4.46. The van der Waals surface area contributed by atoms with Crippen molar-refractivity contribution in [1.82, 2.24) is 4.90 Å². The van der Waals surface area contributed by atoms with Gasteiger partial charge in [-0.15, -0.1) is 0 Å². The van der Waals surface area contributed by atoms with Crippen molar-refractivity contribution in [3.8, 4) is 0 Å². The van der Waals surface area contributed by atoms with Gasteiger partial charge in [0.25, 0.3) is 11.8 Å². The third-order valence-electron chi connectivity index (χ3n) is 4.15. The second kappa shape index (κ2) is 4.65. The van der Waals surface area contributed by atoms with Crippen LogP contribution in [0.15, 0.2) is 35.4 Å². The first-order valence-electron chi connectivity index (χ1n) is 6.81. The molecule has 2 amide bonds. The quantitative estimate of drug-likeness (QED) is 0.614. The predicted molar refractivity (Wildman–Crippen MR) is 73.0 cm³/mol. The second-order valence-electron chi connectivity index (χ2n) is 5.29. The summed E-state index contributed by atoms with van der Waals surface area (Å²) in [6, 6.07) is 7.06. The minimum atomic E-state index is -0.146. The summed E-state index contributed by atoms with van der Waals surface area (Å²) < 4.78 is 0. The maximum atomic E-state index is 12.2. The Kier molecular flexibility index (Phi) is 2.97. The molecule has 3 heteroatoms. The number of fused-ring (bicyclic) bond motifs is 1. The van der Waals surface area contributed by atoms with E-state index in [1.165, 1.54) is 35.3 Å². The number of hydrogen-bond donors (Lipinski definition) is 0. The minimum absolute atomic E-state index is 0.146. The van der Waals surface area contributed by atoms with Crippen molar-refractivity contribution >= 4 is 11.8 Å². The van der Waals surface area contributed by atoms with Gasteiger partial charge in [0.2, 0.25) is 0 Å². The molecule has 0 saturated heterocycles. The van der Waals surface area contributed by atoms with E-state index in [1.54, 1.807) is 24.3 Å². The number of allylic oxidation sites excluding steroid dienone is 1. The van der Waals surface area contributed by atoms with Gasteiger partial charge in [0.15, 0.2) is 0 Å². The van der Waals surface area contributed by atoms with Crippen LogP contribution in [0.4, 0.5) is 0 Å². The lowest BCUT2D eigenvalue weighted by Crippen LogP contribution is -2.31. The topological polar surface area (TPSA) is 37.4 Å². The summed E-state index contributed by atoms with van der Waals surface area (Å²) >= 11 is 0. The number of benzene rings is 1. The van der Waals surface area contributed by atoms with Crippen LogP contribution in [0.2, 0.25) is 0 Å². The number of rotatable bonds is 3. The summed E-state index contributed by atoms with van der Waals surface area (Å²) in [5.41, 5.74) is 3.95. The zero-order valence-corrected chi connectivity index (χ0v) is 11.1. The van der Waals surface area contributed by atoms with Gasteiger partial charge in [-0.2, -0.15) is 0 Å². The molecular weight excluding hydrogens is 238 g/mol. The molecule has 19 heavy (non-hydrogen) atoms. The molecule has 0 unspecified atom stereocenters. The molecule has 98 valence electrons. The van der Waals surface area contributed by atoms with Crippen molar-refractivity contribution in [2.75, 3.05) is 6.54 Å². The minimum Gasteiger partial charge on any atom is -0.274 e. The molecule has 1 aliphatic carbocycles. The predicted octanol–water partition coefficient (Wildman–Crippen LogP) is 3.17. The van der Waals surface area contributed by atoms with E-state index in [1.807, 2.05) is 0 Å². The average molecular weight is 255 g/mol. The molecule has 1 aromatic rings. The molecule has 3 rings (SSSR count). The molecule has 3 nitrogen and oxygen atoms in total. The maximum Gasteiger partial charge on any atom is 0.261 e. The number of imide groups is 1. The van der Waals surface area contributed by atoms with Crippen LogP contribution in [0, 0.1) is 0 Å².